The number of carbonyl (C=O) groups excluding carboxylic acids is 1. The molecule has 10 heteroatoms. The van der Waals surface area contributed by atoms with Crippen LogP contribution < -0.4 is 4.31 Å². The summed E-state index contributed by atoms with van der Waals surface area (Å²) < 4.78 is 36.0. The standard InChI is InChI=1S/C26H29N5O4S/c1-17-7-10-24(29-28-17)30-12-11-20-15-21(8-9-23(20)30)31(16-25(32)35-26(4,5)6)36(33,34)22-13-18(2)27-19(3)14-22/h7-15H,16H2,1-6H3. The van der Waals surface area contributed by atoms with Crippen LogP contribution in [0.2, 0.25) is 0 Å². The van der Waals surface area contributed by atoms with E-state index in [-0.39, 0.29) is 4.90 Å². The summed E-state index contributed by atoms with van der Waals surface area (Å²) in [5.41, 5.74) is 2.35. The molecule has 3 aromatic heterocycles. The third-order valence-electron chi connectivity index (χ3n) is 5.33. The molecule has 4 rings (SSSR count). The van der Waals surface area contributed by atoms with Crippen LogP contribution >= 0.6 is 0 Å². The van der Waals surface area contributed by atoms with Gasteiger partial charge in [0.2, 0.25) is 0 Å². The maximum atomic E-state index is 13.8. The van der Waals surface area contributed by atoms with Crippen molar-refractivity contribution in [3.05, 3.63) is 71.8 Å². The van der Waals surface area contributed by atoms with Crippen LogP contribution in [-0.4, -0.2) is 46.3 Å². The molecule has 188 valence electrons. The first-order chi connectivity index (χ1) is 16.8. The summed E-state index contributed by atoms with van der Waals surface area (Å²) in [5, 5.41) is 9.13. The molecule has 0 unspecified atom stereocenters. The fraction of sp³-hybridized carbons (Fsp3) is 0.308. The second kappa shape index (κ2) is 9.34. The molecule has 36 heavy (non-hydrogen) atoms. The Morgan fingerprint density at radius 2 is 1.64 bits per heavy atom. The number of benzene rings is 1. The number of aromatic nitrogens is 4. The smallest absolute Gasteiger partial charge is 0.327 e. The number of nitrogens with zero attached hydrogens (tertiary/aromatic N) is 5. The number of aryl methyl sites for hydroxylation is 3. The van der Waals surface area contributed by atoms with Crippen molar-refractivity contribution in [2.45, 2.75) is 52.0 Å². The highest BCUT2D eigenvalue weighted by Gasteiger charge is 2.30. The van der Waals surface area contributed by atoms with Gasteiger partial charge in [-0.2, -0.15) is 5.10 Å². The third kappa shape index (κ3) is 5.38. The van der Waals surface area contributed by atoms with Gasteiger partial charge >= 0.3 is 5.97 Å². The molecule has 0 aliphatic carbocycles. The molecule has 4 aromatic rings. The van der Waals surface area contributed by atoms with E-state index in [4.69, 9.17) is 4.74 Å². The van der Waals surface area contributed by atoms with Crippen molar-refractivity contribution in [3.8, 4) is 5.82 Å². The molecule has 0 bridgehead atoms. The van der Waals surface area contributed by atoms with Gasteiger partial charge in [0.05, 0.1) is 21.8 Å². The Labute approximate surface area is 210 Å². The van der Waals surface area contributed by atoms with Crippen LogP contribution in [0.5, 0.6) is 0 Å². The fourth-order valence-electron chi connectivity index (χ4n) is 3.88. The second-order valence-electron chi connectivity index (χ2n) is 9.65. The summed E-state index contributed by atoms with van der Waals surface area (Å²) in [6, 6.07) is 13.8. The fourth-order valence-corrected chi connectivity index (χ4v) is 5.44. The van der Waals surface area contributed by atoms with E-state index in [0.29, 0.717) is 22.9 Å². The van der Waals surface area contributed by atoms with Crippen molar-refractivity contribution < 1.29 is 17.9 Å². The zero-order chi connectivity index (χ0) is 26.3. The molecule has 0 aliphatic heterocycles. The van der Waals surface area contributed by atoms with E-state index in [1.807, 2.05) is 35.9 Å². The van der Waals surface area contributed by atoms with E-state index in [9.17, 15) is 13.2 Å². The molecule has 1 aromatic carbocycles. The molecule has 0 atom stereocenters. The second-order valence-corrected chi connectivity index (χ2v) is 11.5. The lowest BCUT2D eigenvalue weighted by atomic mass is 10.2. The molecular formula is C26H29N5O4S. The lowest BCUT2D eigenvalue weighted by Crippen LogP contribution is -2.39. The van der Waals surface area contributed by atoms with Crippen molar-refractivity contribution in [1.29, 1.82) is 0 Å². The highest BCUT2D eigenvalue weighted by molar-refractivity contribution is 7.92. The van der Waals surface area contributed by atoms with Crippen molar-refractivity contribution >= 4 is 32.6 Å². The first kappa shape index (κ1) is 25.3. The van der Waals surface area contributed by atoms with Gasteiger partial charge in [-0.05, 0) is 90.1 Å². The Hall–Kier alpha value is -3.79. The highest BCUT2D eigenvalue weighted by atomic mass is 32.2. The molecule has 0 saturated carbocycles. The van der Waals surface area contributed by atoms with Crippen LogP contribution in [0.25, 0.3) is 16.7 Å². The van der Waals surface area contributed by atoms with Gasteiger partial charge in [-0.3, -0.25) is 18.7 Å². The number of ether oxygens (including phenoxy) is 1. The van der Waals surface area contributed by atoms with Gasteiger partial charge in [-0.1, -0.05) is 0 Å². The topological polar surface area (TPSA) is 107 Å². The average molecular weight is 508 g/mol. The van der Waals surface area contributed by atoms with Gasteiger partial charge < -0.3 is 4.74 Å². The molecule has 3 heterocycles. The third-order valence-corrected chi connectivity index (χ3v) is 7.08. The predicted octanol–water partition coefficient (Wildman–Crippen LogP) is 4.28. The number of rotatable bonds is 6. The van der Waals surface area contributed by atoms with Crippen molar-refractivity contribution in [3.63, 3.8) is 0 Å². The maximum Gasteiger partial charge on any atom is 0.327 e. The van der Waals surface area contributed by atoms with Crippen molar-refractivity contribution in [1.82, 2.24) is 19.7 Å². The average Bonchev–Trinajstić information content (AvgIpc) is 3.19. The van der Waals surface area contributed by atoms with Crippen molar-refractivity contribution in [2.75, 3.05) is 10.8 Å². The summed E-state index contributed by atoms with van der Waals surface area (Å²) >= 11 is 0. The molecular weight excluding hydrogens is 478 g/mol. The largest absolute Gasteiger partial charge is 0.459 e. The number of fused-ring (bicyclic) bond motifs is 1. The Morgan fingerprint density at radius 3 is 2.25 bits per heavy atom. The minimum absolute atomic E-state index is 0.0589. The summed E-state index contributed by atoms with van der Waals surface area (Å²) in [6.45, 7) is 10.1. The first-order valence-corrected chi connectivity index (χ1v) is 12.9. The highest BCUT2D eigenvalue weighted by Crippen LogP contribution is 2.29. The molecule has 0 amide bonds. The van der Waals surface area contributed by atoms with E-state index in [1.54, 1.807) is 52.8 Å². The molecule has 0 aliphatic rings. The minimum Gasteiger partial charge on any atom is -0.459 e. The first-order valence-electron chi connectivity index (χ1n) is 11.5. The van der Waals surface area contributed by atoms with Crippen LogP contribution in [0.4, 0.5) is 5.69 Å². The van der Waals surface area contributed by atoms with E-state index in [2.05, 4.69) is 15.2 Å². The normalized spacial score (nSPS) is 12.1. The molecule has 9 nitrogen and oxygen atoms in total. The van der Waals surface area contributed by atoms with Gasteiger partial charge in [0.15, 0.2) is 5.82 Å². The van der Waals surface area contributed by atoms with E-state index in [1.165, 1.54) is 12.1 Å². The Bertz CT molecular complexity index is 1520. The Kier molecular flexibility index (Phi) is 6.57. The number of pyridine rings is 1. The molecule has 0 fully saturated rings. The quantitative estimate of drug-likeness (QED) is 0.359. The van der Waals surface area contributed by atoms with Crippen LogP contribution in [-0.2, 0) is 19.6 Å². The molecule has 0 saturated heterocycles. The molecule has 0 N–H and O–H groups in total. The summed E-state index contributed by atoms with van der Waals surface area (Å²) in [7, 11) is -4.11. The summed E-state index contributed by atoms with van der Waals surface area (Å²) in [5.74, 6) is -0.00881. The van der Waals surface area contributed by atoms with Gasteiger partial charge in [0, 0.05) is 23.0 Å². The van der Waals surface area contributed by atoms with Gasteiger partial charge in [0.25, 0.3) is 10.0 Å². The zero-order valence-corrected chi connectivity index (χ0v) is 22.0. The van der Waals surface area contributed by atoms with E-state index < -0.39 is 28.1 Å². The number of anilines is 1. The van der Waals surface area contributed by atoms with Gasteiger partial charge in [0.1, 0.15) is 12.1 Å². The van der Waals surface area contributed by atoms with Gasteiger partial charge in [-0.25, -0.2) is 8.42 Å². The van der Waals surface area contributed by atoms with E-state index in [0.717, 1.165) is 20.9 Å². The number of sulfonamides is 1. The summed E-state index contributed by atoms with van der Waals surface area (Å²) in [6.07, 6.45) is 1.84. The molecule has 0 spiro atoms. The van der Waals surface area contributed by atoms with Crippen LogP contribution in [0, 0.1) is 20.8 Å². The number of hydrogen-bond acceptors (Lipinski definition) is 7. The number of hydrogen-bond donors (Lipinski definition) is 0. The number of carbonyl (C=O) groups is 1. The summed E-state index contributed by atoms with van der Waals surface area (Å²) in [4.78, 5) is 17.1. The van der Waals surface area contributed by atoms with Crippen LogP contribution in [0.15, 0.2) is 59.6 Å². The Morgan fingerprint density at radius 1 is 0.944 bits per heavy atom. The Balaban J connectivity index is 1.80. The van der Waals surface area contributed by atoms with E-state index >= 15 is 0 Å². The SMILES string of the molecule is Cc1ccc(-n2ccc3cc(N(CC(=O)OC(C)(C)C)S(=O)(=O)c4cc(C)nc(C)c4)ccc32)nn1. The number of esters is 1. The lowest BCUT2D eigenvalue weighted by Gasteiger charge is -2.26. The van der Waals surface area contributed by atoms with Crippen molar-refractivity contribution in [2.24, 2.45) is 0 Å². The zero-order valence-electron chi connectivity index (χ0n) is 21.2. The van der Waals surface area contributed by atoms with Gasteiger partial charge in [-0.15, -0.1) is 5.10 Å². The van der Waals surface area contributed by atoms with Crippen LogP contribution in [0.1, 0.15) is 37.9 Å². The predicted molar refractivity (Wildman–Crippen MR) is 138 cm³/mol. The monoisotopic (exact) mass is 507 g/mol. The molecule has 0 radical (unpaired) electrons. The maximum absolute atomic E-state index is 13.8. The minimum atomic E-state index is -4.11. The lowest BCUT2D eigenvalue weighted by molar-refractivity contribution is -0.152. The van der Waals surface area contributed by atoms with Crippen LogP contribution in [0.3, 0.4) is 0 Å².